The van der Waals surface area contributed by atoms with Crippen LogP contribution in [-0.2, 0) is 10.0 Å². The molecular weight excluding hydrogens is 292 g/mol. The van der Waals surface area contributed by atoms with E-state index < -0.39 is 10.0 Å². The van der Waals surface area contributed by atoms with Crippen molar-refractivity contribution in [3.63, 3.8) is 0 Å². The van der Waals surface area contributed by atoms with Gasteiger partial charge in [0.2, 0.25) is 15.7 Å². The van der Waals surface area contributed by atoms with Crippen molar-refractivity contribution in [1.82, 2.24) is 23.9 Å². The fourth-order valence-electron chi connectivity index (χ4n) is 2.09. The van der Waals surface area contributed by atoms with Crippen LogP contribution in [0.25, 0.3) is 5.65 Å². The lowest BCUT2D eigenvalue weighted by Gasteiger charge is -2.17. The standard InChI is InChI=1S/C12H20N6O2S/c1-4-17(21(3,19)20)8-5-6-13-11-12-16-15-10(2)18(12)9-7-14-11/h7,9H,4-6,8H2,1-3H3,(H,13,14). The summed E-state index contributed by atoms with van der Waals surface area (Å²) in [5.74, 6) is 1.45. The van der Waals surface area contributed by atoms with E-state index in [9.17, 15) is 8.42 Å². The van der Waals surface area contributed by atoms with Crippen LogP contribution in [-0.4, -0.2) is 58.2 Å². The Bertz CT molecular complexity index is 712. The number of rotatable bonds is 7. The zero-order chi connectivity index (χ0) is 15.5. The number of nitrogens with zero attached hydrogens (tertiary/aromatic N) is 5. The Balaban J connectivity index is 1.94. The number of aryl methyl sites for hydroxylation is 1. The average molecular weight is 312 g/mol. The minimum atomic E-state index is -3.13. The van der Waals surface area contributed by atoms with Gasteiger partial charge >= 0.3 is 0 Å². The second-order valence-corrected chi connectivity index (χ2v) is 6.73. The van der Waals surface area contributed by atoms with E-state index in [1.54, 1.807) is 12.4 Å². The van der Waals surface area contributed by atoms with Crippen molar-refractivity contribution in [2.75, 3.05) is 31.2 Å². The molecule has 0 unspecified atom stereocenters. The molecule has 116 valence electrons. The van der Waals surface area contributed by atoms with Crippen molar-refractivity contribution in [1.29, 1.82) is 0 Å². The number of sulfonamides is 1. The highest BCUT2D eigenvalue weighted by atomic mass is 32.2. The monoisotopic (exact) mass is 312 g/mol. The first kappa shape index (κ1) is 15.6. The first-order valence-corrected chi connectivity index (χ1v) is 8.63. The molecule has 0 aliphatic carbocycles. The van der Waals surface area contributed by atoms with Crippen LogP contribution >= 0.6 is 0 Å². The minimum Gasteiger partial charge on any atom is -0.367 e. The van der Waals surface area contributed by atoms with E-state index in [0.29, 0.717) is 37.5 Å². The molecule has 0 bridgehead atoms. The van der Waals surface area contributed by atoms with E-state index in [0.717, 1.165) is 5.82 Å². The zero-order valence-corrected chi connectivity index (χ0v) is 13.3. The SMILES string of the molecule is CCN(CCCNc1nccn2c(C)nnc12)S(C)(=O)=O. The summed E-state index contributed by atoms with van der Waals surface area (Å²) in [6, 6.07) is 0. The molecule has 21 heavy (non-hydrogen) atoms. The largest absolute Gasteiger partial charge is 0.367 e. The van der Waals surface area contributed by atoms with E-state index in [-0.39, 0.29) is 0 Å². The van der Waals surface area contributed by atoms with E-state index >= 15 is 0 Å². The molecule has 2 rings (SSSR count). The van der Waals surface area contributed by atoms with Gasteiger partial charge in [-0.3, -0.25) is 4.40 Å². The van der Waals surface area contributed by atoms with Gasteiger partial charge in [0, 0.05) is 32.0 Å². The maximum absolute atomic E-state index is 11.5. The van der Waals surface area contributed by atoms with Crippen LogP contribution in [0.1, 0.15) is 19.2 Å². The highest BCUT2D eigenvalue weighted by molar-refractivity contribution is 7.88. The topological polar surface area (TPSA) is 92.5 Å². The van der Waals surface area contributed by atoms with E-state index in [4.69, 9.17) is 0 Å². The average Bonchev–Trinajstić information content (AvgIpc) is 2.80. The highest BCUT2D eigenvalue weighted by Crippen LogP contribution is 2.11. The van der Waals surface area contributed by atoms with Gasteiger partial charge in [-0.2, -0.15) is 0 Å². The minimum absolute atomic E-state index is 0.482. The molecule has 0 fully saturated rings. The van der Waals surface area contributed by atoms with Crippen LogP contribution in [0.15, 0.2) is 12.4 Å². The van der Waals surface area contributed by atoms with E-state index in [2.05, 4.69) is 20.5 Å². The van der Waals surface area contributed by atoms with Crippen molar-refractivity contribution in [2.45, 2.75) is 20.3 Å². The molecule has 0 aromatic carbocycles. The molecule has 0 saturated heterocycles. The number of anilines is 1. The Kier molecular flexibility index (Phi) is 4.73. The molecule has 1 N–H and O–H groups in total. The maximum atomic E-state index is 11.5. The van der Waals surface area contributed by atoms with Gasteiger partial charge in [-0.15, -0.1) is 10.2 Å². The fraction of sp³-hybridized carbons (Fsp3) is 0.583. The summed E-state index contributed by atoms with van der Waals surface area (Å²) >= 11 is 0. The second-order valence-electron chi connectivity index (χ2n) is 4.75. The summed E-state index contributed by atoms with van der Waals surface area (Å²) in [5, 5.41) is 11.2. The molecule has 0 spiro atoms. The molecule has 0 aliphatic heterocycles. The highest BCUT2D eigenvalue weighted by Gasteiger charge is 2.13. The van der Waals surface area contributed by atoms with Gasteiger partial charge in [-0.25, -0.2) is 17.7 Å². The maximum Gasteiger partial charge on any atom is 0.211 e. The Morgan fingerprint density at radius 1 is 1.38 bits per heavy atom. The van der Waals surface area contributed by atoms with Gasteiger partial charge in [0.25, 0.3) is 0 Å². The van der Waals surface area contributed by atoms with Crippen LogP contribution in [0.5, 0.6) is 0 Å². The van der Waals surface area contributed by atoms with E-state index in [1.165, 1.54) is 10.6 Å². The fourth-order valence-corrected chi connectivity index (χ4v) is 3.02. The summed E-state index contributed by atoms with van der Waals surface area (Å²) in [7, 11) is -3.13. The molecule has 0 aliphatic rings. The molecule has 8 nitrogen and oxygen atoms in total. The predicted molar refractivity (Wildman–Crippen MR) is 80.7 cm³/mol. The Morgan fingerprint density at radius 2 is 2.14 bits per heavy atom. The number of aromatic nitrogens is 4. The van der Waals surface area contributed by atoms with Crippen molar-refractivity contribution < 1.29 is 8.42 Å². The molecule has 2 aromatic heterocycles. The number of hydrogen-bond acceptors (Lipinski definition) is 6. The van der Waals surface area contributed by atoms with Crippen LogP contribution in [0.3, 0.4) is 0 Å². The molecule has 9 heteroatoms. The lowest BCUT2D eigenvalue weighted by Crippen LogP contribution is -2.31. The summed E-state index contributed by atoms with van der Waals surface area (Å²) in [6.07, 6.45) is 5.40. The van der Waals surface area contributed by atoms with E-state index in [1.807, 2.05) is 18.2 Å². The molecule has 0 amide bonds. The summed E-state index contributed by atoms with van der Waals surface area (Å²) in [4.78, 5) is 4.24. The van der Waals surface area contributed by atoms with Crippen LogP contribution < -0.4 is 5.32 Å². The molecule has 0 saturated carbocycles. The Hall–Kier alpha value is -1.74. The van der Waals surface area contributed by atoms with Crippen molar-refractivity contribution in [3.05, 3.63) is 18.2 Å². The van der Waals surface area contributed by atoms with Gasteiger partial charge in [-0.05, 0) is 13.3 Å². The van der Waals surface area contributed by atoms with Gasteiger partial charge in [0.15, 0.2) is 5.82 Å². The first-order chi connectivity index (χ1) is 9.93. The zero-order valence-electron chi connectivity index (χ0n) is 12.4. The van der Waals surface area contributed by atoms with Gasteiger partial charge in [0.1, 0.15) is 5.82 Å². The van der Waals surface area contributed by atoms with Crippen LogP contribution in [0.4, 0.5) is 5.82 Å². The quantitative estimate of drug-likeness (QED) is 0.749. The lowest BCUT2D eigenvalue weighted by molar-refractivity contribution is 0.428. The van der Waals surface area contributed by atoms with Crippen molar-refractivity contribution in [3.8, 4) is 0 Å². The Morgan fingerprint density at radius 3 is 2.81 bits per heavy atom. The summed E-state index contributed by atoms with van der Waals surface area (Å²) in [5.41, 5.74) is 0.672. The van der Waals surface area contributed by atoms with Crippen molar-refractivity contribution in [2.24, 2.45) is 0 Å². The van der Waals surface area contributed by atoms with Gasteiger partial charge in [0.05, 0.1) is 6.26 Å². The number of hydrogen-bond donors (Lipinski definition) is 1. The third kappa shape index (κ3) is 3.67. The van der Waals surface area contributed by atoms with Gasteiger partial charge in [-0.1, -0.05) is 6.92 Å². The van der Waals surface area contributed by atoms with Crippen LogP contribution in [0, 0.1) is 6.92 Å². The summed E-state index contributed by atoms with van der Waals surface area (Å²) < 4.78 is 26.3. The smallest absolute Gasteiger partial charge is 0.211 e. The Labute approximate surface area is 124 Å². The number of fused-ring (bicyclic) bond motifs is 1. The number of nitrogens with one attached hydrogen (secondary N) is 1. The third-order valence-corrected chi connectivity index (χ3v) is 4.57. The van der Waals surface area contributed by atoms with Gasteiger partial charge < -0.3 is 5.32 Å². The molecule has 2 aromatic rings. The normalized spacial score (nSPS) is 12.2. The molecule has 0 atom stereocenters. The lowest BCUT2D eigenvalue weighted by atomic mass is 10.4. The predicted octanol–water partition coefficient (Wildman–Crippen LogP) is 0.516. The third-order valence-electron chi connectivity index (χ3n) is 3.20. The van der Waals surface area contributed by atoms with Crippen LogP contribution in [0.2, 0.25) is 0 Å². The summed E-state index contributed by atoms with van der Waals surface area (Å²) in [6.45, 7) is 5.28. The molecule has 0 radical (unpaired) electrons. The second kappa shape index (κ2) is 6.35. The molecule has 2 heterocycles. The first-order valence-electron chi connectivity index (χ1n) is 6.79. The van der Waals surface area contributed by atoms with Crippen molar-refractivity contribution >= 4 is 21.5 Å². The molecular formula is C12H20N6O2S.